The van der Waals surface area contributed by atoms with E-state index in [9.17, 15) is 9.59 Å². The summed E-state index contributed by atoms with van der Waals surface area (Å²) >= 11 is 0. The van der Waals surface area contributed by atoms with E-state index in [0.29, 0.717) is 23.3 Å². The predicted octanol–water partition coefficient (Wildman–Crippen LogP) is 4.09. The van der Waals surface area contributed by atoms with Gasteiger partial charge in [-0.1, -0.05) is 6.07 Å². The maximum atomic E-state index is 13.1. The van der Waals surface area contributed by atoms with Gasteiger partial charge in [0.05, 0.1) is 17.1 Å². The molecule has 1 N–H and O–H groups in total. The fraction of sp³-hybridized carbons (Fsp3) is 0.364. The Morgan fingerprint density at radius 3 is 2.79 bits per heavy atom. The number of benzene rings is 1. The molecule has 0 unspecified atom stereocenters. The molecular weight excluding hydrogens is 366 g/mol. The van der Waals surface area contributed by atoms with Crippen LogP contribution in [-0.4, -0.2) is 33.1 Å². The largest absolute Gasteiger partial charge is 0.322 e. The summed E-state index contributed by atoms with van der Waals surface area (Å²) in [6, 6.07) is 9.37. The van der Waals surface area contributed by atoms with Gasteiger partial charge in [0.2, 0.25) is 5.91 Å². The Labute approximate surface area is 169 Å². The van der Waals surface area contributed by atoms with Crippen molar-refractivity contribution in [2.45, 2.75) is 46.1 Å². The first-order valence-electron chi connectivity index (χ1n) is 10.0. The number of nitrogens with one attached hydrogen (secondary N) is 1. The molecule has 0 spiro atoms. The fourth-order valence-corrected chi connectivity index (χ4v) is 3.74. The summed E-state index contributed by atoms with van der Waals surface area (Å²) in [7, 11) is 0. The standard InChI is InChI=1S/C22H25N5O2/c1-14(2)27-21-19(13-23-27)18(11-15(3)24-21)22(29)25-16-7-6-8-17(12-16)26-10-5-4-9-20(26)28/h6-8,11-14H,4-5,9-10H2,1-3H3,(H,25,29). The number of aromatic nitrogens is 3. The van der Waals surface area contributed by atoms with Crippen molar-refractivity contribution < 1.29 is 9.59 Å². The van der Waals surface area contributed by atoms with Crippen LogP contribution in [-0.2, 0) is 4.79 Å². The summed E-state index contributed by atoms with van der Waals surface area (Å²) in [5, 5.41) is 8.09. The molecule has 0 radical (unpaired) electrons. The summed E-state index contributed by atoms with van der Waals surface area (Å²) in [6.45, 7) is 6.65. The van der Waals surface area contributed by atoms with Crippen LogP contribution in [0.2, 0.25) is 0 Å². The molecule has 1 aliphatic heterocycles. The van der Waals surface area contributed by atoms with E-state index in [2.05, 4.69) is 15.4 Å². The molecule has 0 aliphatic carbocycles. The number of pyridine rings is 1. The molecule has 2 amide bonds. The first-order valence-corrected chi connectivity index (χ1v) is 10.0. The average molecular weight is 391 g/mol. The maximum absolute atomic E-state index is 13.1. The number of anilines is 2. The summed E-state index contributed by atoms with van der Waals surface area (Å²) in [4.78, 5) is 31.6. The van der Waals surface area contributed by atoms with Crippen LogP contribution in [0, 0.1) is 6.92 Å². The lowest BCUT2D eigenvalue weighted by atomic mass is 10.1. The molecule has 7 heteroatoms. The molecule has 1 aliphatic rings. The van der Waals surface area contributed by atoms with Gasteiger partial charge in [-0.15, -0.1) is 0 Å². The van der Waals surface area contributed by atoms with E-state index >= 15 is 0 Å². The Bertz CT molecular complexity index is 1090. The van der Waals surface area contributed by atoms with Crippen molar-refractivity contribution >= 4 is 34.2 Å². The van der Waals surface area contributed by atoms with Gasteiger partial charge in [0, 0.05) is 36.1 Å². The molecule has 29 heavy (non-hydrogen) atoms. The fourth-order valence-electron chi connectivity index (χ4n) is 3.74. The minimum absolute atomic E-state index is 0.132. The SMILES string of the molecule is Cc1cc(C(=O)Nc2cccc(N3CCCCC3=O)c2)c2cnn(C(C)C)c2n1. The van der Waals surface area contributed by atoms with E-state index in [0.717, 1.165) is 36.2 Å². The number of hydrogen-bond acceptors (Lipinski definition) is 4. The van der Waals surface area contributed by atoms with Crippen LogP contribution in [0.4, 0.5) is 11.4 Å². The first-order chi connectivity index (χ1) is 13.9. The number of hydrogen-bond donors (Lipinski definition) is 1. The average Bonchev–Trinajstić information content (AvgIpc) is 3.12. The Kier molecular flexibility index (Phi) is 5.05. The highest BCUT2D eigenvalue weighted by Gasteiger charge is 2.21. The van der Waals surface area contributed by atoms with Gasteiger partial charge in [-0.05, 0) is 57.9 Å². The van der Waals surface area contributed by atoms with E-state index in [-0.39, 0.29) is 17.9 Å². The second-order valence-electron chi connectivity index (χ2n) is 7.74. The van der Waals surface area contributed by atoms with Crippen LogP contribution in [0.25, 0.3) is 11.0 Å². The lowest BCUT2D eigenvalue weighted by Gasteiger charge is -2.27. The van der Waals surface area contributed by atoms with E-state index in [1.807, 2.05) is 49.7 Å². The van der Waals surface area contributed by atoms with Crippen LogP contribution in [0.3, 0.4) is 0 Å². The zero-order valence-electron chi connectivity index (χ0n) is 17.0. The number of aryl methyl sites for hydroxylation is 1. The Morgan fingerprint density at radius 2 is 2.03 bits per heavy atom. The highest BCUT2D eigenvalue weighted by Crippen LogP contribution is 2.26. The highest BCUT2D eigenvalue weighted by molar-refractivity contribution is 6.12. The number of nitrogens with zero attached hydrogens (tertiary/aromatic N) is 4. The molecule has 3 aromatic rings. The Morgan fingerprint density at radius 1 is 1.21 bits per heavy atom. The number of carbonyl (C=O) groups excluding carboxylic acids is 2. The summed E-state index contributed by atoms with van der Waals surface area (Å²) in [5.41, 5.74) is 3.48. The third kappa shape index (κ3) is 3.72. The van der Waals surface area contributed by atoms with Crippen molar-refractivity contribution in [1.82, 2.24) is 14.8 Å². The lowest BCUT2D eigenvalue weighted by molar-refractivity contribution is -0.119. The molecule has 4 rings (SSSR count). The van der Waals surface area contributed by atoms with Gasteiger partial charge in [-0.25, -0.2) is 9.67 Å². The first kappa shape index (κ1) is 19.1. The minimum Gasteiger partial charge on any atom is -0.322 e. The van der Waals surface area contributed by atoms with Gasteiger partial charge in [0.15, 0.2) is 5.65 Å². The van der Waals surface area contributed by atoms with Crippen LogP contribution in [0.15, 0.2) is 36.5 Å². The predicted molar refractivity (Wildman–Crippen MR) is 113 cm³/mol. The molecule has 0 bridgehead atoms. The van der Waals surface area contributed by atoms with Crippen molar-refractivity contribution in [3.63, 3.8) is 0 Å². The second-order valence-corrected chi connectivity index (χ2v) is 7.74. The number of rotatable bonds is 4. The van der Waals surface area contributed by atoms with Gasteiger partial charge < -0.3 is 10.2 Å². The number of amides is 2. The normalized spacial score (nSPS) is 14.6. The van der Waals surface area contributed by atoms with Crippen molar-refractivity contribution in [3.8, 4) is 0 Å². The quantitative estimate of drug-likeness (QED) is 0.726. The molecule has 0 saturated carbocycles. The molecule has 1 aromatic carbocycles. The zero-order chi connectivity index (χ0) is 20.5. The van der Waals surface area contributed by atoms with Crippen LogP contribution >= 0.6 is 0 Å². The van der Waals surface area contributed by atoms with E-state index < -0.39 is 0 Å². The van der Waals surface area contributed by atoms with E-state index in [1.165, 1.54) is 0 Å². The van der Waals surface area contributed by atoms with Gasteiger partial charge in [0.25, 0.3) is 5.91 Å². The Balaban J connectivity index is 1.63. The van der Waals surface area contributed by atoms with Crippen LogP contribution < -0.4 is 10.2 Å². The topological polar surface area (TPSA) is 80.1 Å². The summed E-state index contributed by atoms with van der Waals surface area (Å²) in [5.74, 6) is -0.0850. The van der Waals surface area contributed by atoms with Gasteiger partial charge in [-0.3, -0.25) is 9.59 Å². The maximum Gasteiger partial charge on any atom is 0.256 e. The molecule has 3 heterocycles. The van der Waals surface area contributed by atoms with E-state index in [4.69, 9.17) is 0 Å². The van der Waals surface area contributed by atoms with Crippen molar-refractivity contribution in [1.29, 1.82) is 0 Å². The molecular formula is C22H25N5O2. The number of fused-ring (bicyclic) bond motifs is 1. The number of carbonyl (C=O) groups is 2. The minimum atomic E-state index is -0.217. The van der Waals surface area contributed by atoms with Crippen molar-refractivity contribution in [3.05, 3.63) is 47.8 Å². The molecule has 150 valence electrons. The van der Waals surface area contributed by atoms with Gasteiger partial charge in [0.1, 0.15) is 0 Å². The second kappa shape index (κ2) is 7.66. The summed E-state index contributed by atoms with van der Waals surface area (Å²) < 4.78 is 1.82. The summed E-state index contributed by atoms with van der Waals surface area (Å²) in [6.07, 6.45) is 4.20. The monoisotopic (exact) mass is 391 g/mol. The molecule has 1 saturated heterocycles. The van der Waals surface area contributed by atoms with Crippen molar-refractivity contribution in [2.75, 3.05) is 16.8 Å². The van der Waals surface area contributed by atoms with E-state index in [1.54, 1.807) is 17.2 Å². The third-order valence-electron chi connectivity index (χ3n) is 5.17. The Hall–Kier alpha value is -3.22. The molecule has 7 nitrogen and oxygen atoms in total. The zero-order valence-corrected chi connectivity index (χ0v) is 17.0. The molecule has 1 fully saturated rings. The highest BCUT2D eigenvalue weighted by atomic mass is 16.2. The number of piperidine rings is 1. The van der Waals surface area contributed by atoms with Crippen molar-refractivity contribution in [2.24, 2.45) is 0 Å². The van der Waals surface area contributed by atoms with Crippen LogP contribution in [0.5, 0.6) is 0 Å². The van der Waals surface area contributed by atoms with Crippen LogP contribution in [0.1, 0.15) is 55.2 Å². The van der Waals surface area contributed by atoms with Gasteiger partial charge in [-0.2, -0.15) is 5.10 Å². The third-order valence-corrected chi connectivity index (χ3v) is 5.17. The smallest absolute Gasteiger partial charge is 0.256 e. The molecule has 2 aromatic heterocycles. The molecule has 0 atom stereocenters. The van der Waals surface area contributed by atoms with Gasteiger partial charge >= 0.3 is 0 Å². The lowest BCUT2D eigenvalue weighted by Crippen LogP contribution is -2.35.